The number of aromatic amines is 1. The van der Waals surface area contributed by atoms with Gasteiger partial charge in [-0.2, -0.15) is 0 Å². The van der Waals surface area contributed by atoms with Crippen LogP contribution in [0.4, 0.5) is 9.59 Å². The Balaban J connectivity index is 0.857. The van der Waals surface area contributed by atoms with Crippen molar-refractivity contribution >= 4 is 23.5 Å². The molecule has 2 fully saturated rings. The van der Waals surface area contributed by atoms with Crippen molar-refractivity contribution in [1.82, 2.24) is 19.8 Å². The molecular formula is C43H41N5O4. The molecule has 9 heteroatoms. The van der Waals surface area contributed by atoms with Gasteiger partial charge < -0.3 is 14.5 Å². The van der Waals surface area contributed by atoms with Crippen LogP contribution < -0.4 is 0 Å². The average molecular weight is 692 g/mol. The van der Waals surface area contributed by atoms with Crippen molar-refractivity contribution in [3.8, 4) is 22.4 Å². The predicted molar refractivity (Wildman–Crippen MR) is 201 cm³/mol. The smallest absolute Gasteiger partial charge is 0.410 e. The minimum atomic E-state index is -0.311. The van der Waals surface area contributed by atoms with Gasteiger partial charge >= 0.3 is 12.2 Å². The van der Waals surface area contributed by atoms with E-state index in [1.807, 2.05) is 78.0 Å². The normalized spacial score (nSPS) is 18.3. The van der Waals surface area contributed by atoms with Crippen molar-refractivity contribution in [3.05, 3.63) is 144 Å². The SMILES string of the molecule is O=C(OCc1ccccc1)N1CCC[C@@H]1c1ncc(-c2ccc(-c3ccc(C4=CN=C([C@@H]5CCCN5C(=O)OCc5ccccc5)C4)cc3)cc2)[nH]1. The number of aromatic nitrogens is 2. The van der Waals surface area contributed by atoms with Crippen LogP contribution >= 0.6 is 0 Å². The van der Waals surface area contributed by atoms with E-state index < -0.39 is 0 Å². The van der Waals surface area contributed by atoms with Crippen molar-refractivity contribution in [2.75, 3.05) is 13.1 Å². The van der Waals surface area contributed by atoms with Gasteiger partial charge in [-0.15, -0.1) is 0 Å². The summed E-state index contributed by atoms with van der Waals surface area (Å²) >= 11 is 0. The van der Waals surface area contributed by atoms with Gasteiger partial charge in [0, 0.05) is 31.4 Å². The molecule has 1 aromatic heterocycles. The number of carbonyl (C=O) groups is 2. The summed E-state index contributed by atoms with van der Waals surface area (Å²) in [5.41, 5.74) is 9.43. The topological polar surface area (TPSA) is 100 Å². The van der Waals surface area contributed by atoms with E-state index in [4.69, 9.17) is 14.5 Å². The Morgan fingerprint density at radius 2 is 1.17 bits per heavy atom. The predicted octanol–water partition coefficient (Wildman–Crippen LogP) is 9.20. The molecule has 2 amide bonds. The standard InChI is InChI=1S/C43H41N5O4/c49-42(51-28-30-9-3-1-4-10-30)47-23-7-13-39(47)37-25-36(26-44-37)34-17-15-32(16-18-34)33-19-21-35(22-20-33)38-27-45-41(46-38)40-14-8-24-48(40)43(50)52-29-31-11-5-2-6-12-31/h1-6,9-12,15-22,26-27,39-40H,7-8,13-14,23-25,28-29H2,(H,45,46)/t39-,40+/m0/s1. The van der Waals surface area contributed by atoms with Gasteiger partial charge in [0.15, 0.2) is 0 Å². The third-order valence-corrected chi connectivity index (χ3v) is 10.2. The van der Waals surface area contributed by atoms with Crippen LogP contribution in [0.2, 0.25) is 0 Å². The number of amides is 2. The summed E-state index contributed by atoms with van der Waals surface area (Å²) in [6.07, 6.45) is 7.52. The maximum absolute atomic E-state index is 13.0. The summed E-state index contributed by atoms with van der Waals surface area (Å²) < 4.78 is 11.3. The number of H-pyrrole nitrogens is 1. The molecular weight excluding hydrogens is 651 g/mol. The monoisotopic (exact) mass is 691 g/mol. The zero-order valence-corrected chi connectivity index (χ0v) is 29.0. The molecule has 3 aliphatic rings. The highest BCUT2D eigenvalue weighted by Gasteiger charge is 2.35. The molecule has 52 heavy (non-hydrogen) atoms. The van der Waals surface area contributed by atoms with Crippen LogP contribution in [0.5, 0.6) is 0 Å². The third-order valence-electron chi connectivity index (χ3n) is 10.2. The molecule has 0 saturated carbocycles. The molecule has 2 atom stereocenters. The number of benzene rings is 4. The summed E-state index contributed by atoms with van der Waals surface area (Å²) in [4.78, 5) is 42.4. The fraction of sp³-hybridized carbons (Fsp3) is 0.256. The molecule has 0 unspecified atom stereocenters. The van der Waals surface area contributed by atoms with Crippen LogP contribution in [0.1, 0.15) is 60.7 Å². The highest BCUT2D eigenvalue weighted by molar-refractivity contribution is 6.03. The van der Waals surface area contributed by atoms with Gasteiger partial charge in [0.05, 0.1) is 24.0 Å². The van der Waals surface area contributed by atoms with E-state index in [0.717, 1.165) is 88.3 Å². The zero-order chi connectivity index (χ0) is 35.3. The van der Waals surface area contributed by atoms with Crippen molar-refractivity contribution in [3.63, 3.8) is 0 Å². The number of hydrogen-bond acceptors (Lipinski definition) is 6. The lowest BCUT2D eigenvalue weighted by atomic mass is 9.96. The lowest BCUT2D eigenvalue weighted by molar-refractivity contribution is 0.0909. The summed E-state index contributed by atoms with van der Waals surface area (Å²) in [7, 11) is 0. The number of imidazole rings is 1. The highest BCUT2D eigenvalue weighted by Crippen LogP contribution is 2.34. The summed E-state index contributed by atoms with van der Waals surface area (Å²) in [6, 6.07) is 36.4. The second kappa shape index (κ2) is 15.1. The number of carbonyl (C=O) groups excluding carboxylic acids is 2. The van der Waals surface area contributed by atoms with Crippen molar-refractivity contribution < 1.29 is 19.1 Å². The number of nitrogens with zero attached hydrogens (tertiary/aromatic N) is 4. The Hall–Kier alpha value is -5.96. The minimum Gasteiger partial charge on any atom is -0.445 e. The number of rotatable bonds is 9. The van der Waals surface area contributed by atoms with E-state index in [9.17, 15) is 9.59 Å². The molecule has 0 aliphatic carbocycles. The number of allylic oxidation sites excluding steroid dienone is 1. The van der Waals surface area contributed by atoms with Crippen LogP contribution in [0, 0.1) is 0 Å². The molecule has 4 heterocycles. The van der Waals surface area contributed by atoms with E-state index in [1.54, 1.807) is 4.90 Å². The molecule has 9 nitrogen and oxygen atoms in total. The Bertz CT molecular complexity index is 2070. The average Bonchev–Trinajstić information content (AvgIpc) is 4.04. The third kappa shape index (κ3) is 7.26. The largest absolute Gasteiger partial charge is 0.445 e. The molecule has 8 rings (SSSR count). The molecule has 3 aliphatic heterocycles. The Morgan fingerprint density at radius 1 is 0.654 bits per heavy atom. The van der Waals surface area contributed by atoms with Gasteiger partial charge in [-0.3, -0.25) is 14.8 Å². The Labute approximate surface area is 303 Å². The number of ether oxygens (including phenoxy) is 2. The van der Waals surface area contributed by atoms with Gasteiger partial charge in [-0.25, -0.2) is 14.6 Å². The lowest BCUT2D eigenvalue weighted by Gasteiger charge is -2.24. The molecule has 262 valence electrons. The highest BCUT2D eigenvalue weighted by atomic mass is 16.6. The quantitative estimate of drug-likeness (QED) is 0.166. The lowest BCUT2D eigenvalue weighted by Crippen LogP contribution is -2.40. The van der Waals surface area contributed by atoms with Crippen molar-refractivity contribution in [2.24, 2.45) is 4.99 Å². The van der Waals surface area contributed by atoms with Crippen LogP contribution in [-0.4, -0.2) is 56.8 Å². The molecule has 5 aromatic rings. The van der Waals surface area contributed by atoms with E-state index in [2.05, 4.69) is 58.5 Å². The molecule has 0 spiro atoms. The second-order valence-corrected chi connectivity index (χ2v) is 13.6. The fourth-order valence-electron chi connectivity index (χ4n) is 7.40. The van der Waals surface area contributed by atoms with Crippen LogP contribution in [0.15, 0.2) is 127 Å². The molecule has 4 aromatic carbocycles. The summed E-state index contributed by atoms with van der Waals surface area (Å²) in [5, 5.41) is 0. The summed E-state index contributed by atoms with van der Waals surface area (Å²) in [5.74, 6) is 0.779. The second-order valence-electron chi connectivity index (χ2n) is 13.6. The summed E-state index contributed by atoms with van der Waals surface area (Å²) in [6.45, 7) is 1.86. The first kappa shape index (κ1) is 33.2. The first-order valence-corrected chi connectivity index (χ1v) is 18.1. The van der Waals surface area contributed by atoms with E-state index in [0.29, 0.717) is 13.1 Å². The van der Waals surface area contributed by atoms with Gasteiger partial charge in [0.25, 0.3) is 0 Å². The molecule has 2 saturated heterocycles. The van der Waals surface area contributed by atoms with Crippen LogP contribution in [-0.2, 0) is 22.7 Å². The fourth-order valence-corrected chi connectivity index (χ4v) is 7.40. The van der Waals surface area contributed by atoms with E-state index in [-0.39, 0.29) is 37.5 Å². The first-order valence-electron chi connectivity index (χ1n) is 18.1. The van der Waals surface area contributed by atoms with Gasteiger partial charge in [-0.1, -0.05) is 109 Å². The maximum Gasteiger partial charge on any atom is 0.410 e. The first-order chi connectivity index (χ1) is 25.6. The number of hydrogen-bond donors (Lipinski definition) is 1. The van der Waals surface area contributed by atoms with Gasteiger partial charge in [0.2, 0.25) is 0 Å². The van der Waals surface area contributed by atoms with E-state index >= 15 is 0 Å². The van der Waals surface area contributed by atoms with Crippen LogP contribution in [0.3, 0.4) is 0 Å². The van der Waals surface area contributed by atoms with Crippen molar-refractivity contribution in [2.45, 2.75) is 57.4 Å². The van der Waals surface area contributed by atoms with Crippen molar-refractivity contribution in [1.29, 1.82) is 0 Å². The van der Waals surface area contributed by atoms with Gasteiger partial charge in [0.1, 0.15) is 19.0 Å². The minimum absolute atomic E-state index is 0.0284. The number of aliphatic imine (C=N–C) groups is 1. The van der Waals surface area contributed by atoms with Gasteiger partial charge in [-0.05, 0) is 64.6 Å². The zero-order valence-electron chi connectivity index (χ0n) is 29.0. The van der Waals surface area contributed by atoms with Crippen LogP contribution in [0.25, 0.3) is 28.0 Å². The maximum atomic E-state index is 13.0. The molecule has 0 bridgehead atoms. The number of nitrogens with one attached hydrogen (secondary N) is 1. The molecule has 0 radical (unpaired) electrons. The van der Waals surface area contributed by atoms with E-state index in [1.165, 1.54) is 0 Å². The molecule has 1 N–H and O–H groups in total. The Kier molecular flexibility index (Phi) is 9.65. The Morgan fingerprint density at radius 3 is 1.77 bits per heavy atom. The number of likely N-dealkylation sites (tertiary alicyclic amines) is 2.